The molecule has 1 unspecified atom stereocenters. The molecule has 0 aliphatic rings. The first-order valence-electron chi connectivity index (χ1n) is 5.73. The minimum atomic E-state index is -0.491. The van der Waals surface area contributed by atoms with Crippen LogP contribution in [0.3, 0.4) is 0 Å². The molecule has 3 rings (SSSR count). The molecule has 1 aromatic carbocycles. The van der Waals surface area contributed by atoms with Crippen molar-refractivity contribution in [3.63, 3.8) is 0 Å². The molecule has 0 spiro atoms. The van der Waals surface area contributed by atoms with Crippen LogP contribution in [0.2, 0.25) is 0 Å². The first kappa shape index (κ1) is 11.3. The van der Waals surface area contributed by atoms with Crippen molar-refractivity contribution in [2.24, 2.45) is 0 Å². The second-order valence-corrected chi connectivity index (χ2v) is 5.11. The Morgan fingerprint density at radius 1 is 1.28 bits per heavy atom. The van der Waals surface area contributed by atoms with E-state index in [4.69, 9.17) is 0 Å². The van der Waals surface area contributed by atoms with Crippen LogP contribution >= 0.6 is 11.3 Å². The molecular formula is C14H12N2OS. The van der Waals surface area contributed by atoms with Gasteiger partial charge in [0.15, 0.2) is 0 Å². The van der Waals surface area contributed by atoms with E-state index in [0.29, 0.717) is 6.42 Å². The van der Waals surface area contributed by atoms with Crippen LogP contribution < -0.4 is 0 Å². The Labute approximate surface area is 109 Å². The second kappa shape index (κ2) is 4.84. The van der Waals surface area contributed by atoms with E-state index in [0.717, 1.165) is 21.3 Å². The molecular weight excluding hydrogens is 244 g/mol. The highest BCUT2D eigenvalue weighted by Gasteiger charge is 2.10. The van der Waals surface area contributed by atoms with Crippen LogP contribution in [0.25, 0.3) is 10.9 Å². The molecule has 0 saturated heterocycles. The van der Waals surface area contributed by atoms with Crippen LogP contribution in [-0.2, 0) is 6.42 Å². The molecule has 1 atom stereocenters. The van der Waals surface area contributed by atoms with Crippen molar-refractivity contribution in [2.45, 2.75) is 12.5 Å². The highest BCUT2D eigenvalue weighted by molar-refractivity contribution is 7.09. The molecule has 0 radical (unpaired) electrons. The lowest BCUT2D eigenvalue weighted by atomic mass is 10.0. The molecule has 90 valence electrons. The molecule has 0 amide bonds. The molecule has 2 heterocycles. The summed E-state index contributed by atoms with van der Waals surface area (Å²) >= 11 is 1.57. The Balaban J connectivity index is 1.89. The molecule has 0 aliphatic heterocycles. The third-order valence-electron chi connectivity index (χ3n) is 2.89. The van der Waals surface area contributed by atoms with Crippen molar-refractivity contribution in [1.82, 2.24) is 9.97 Å². The average Bonchev–Trinajstić information content (AvgIpc) is 2.91. The van der Waals surface area contributed by atoms with Gasteiger partial charge in [-0.15, -0.1) is 11.3 Å². The van der Waals surface area contributed by atoms with Gasteiger partial charge in [0.25, 0.3) is 0 Å². The van der Waals surface area contributed by atoms with Crippen molar-refractivity contribution in [3.8, 4) is 0 Å². The second-order valence-electron chi connectivity index (χ2n) is 4.14. The minimum absolute atomic E-state index is 0.491. The predicted octanol–water partition coefficient (Wildman–Crippen LogP) is 2.97. The van der Waals surface area contributed by atoms with Gasteiger partial charge in [-0.25, -0.2) is 0 Å². The van der Waals surface area contributed by atoms with Crippen molar-refractivity contribution in [2.75, 3.05) is 0 Å². The maximum atomic E-state index is 10.2. The van der Waals surface area contributed by atoms with Crippen LogP contribution in [0.15, 0.2) is 48.2 Å². The summed E-state index contributed by atoms with van der Waals surface area (Å²) in [4.78, 5) is 9.38. The summed E-state index contributed by atoms with van der Waals surface area (Å²) in [7, 11) is 0. The van der Waals surface area contributed by atoms with Gasteiger partial charge in [-0.05, 0) is 23.8 Å². The van der Waals surface area contributed by atoms with Gasteiger partial charge in [0.05, 0.1) is 17.1 Å². The largest absolute Gasteiger partial charge is 0.388 e. The van der Waals surface area contributed by atoms with Crippen molar-refractivity contribution < 1.29 is 5.11 Å². The number of hydrogen-bond donors (Lipinski definition) is 1. The number of nitrogens with zero attached hydrogens (tertiary/aromatic N) is 2. The number of aliphatic hydroxyl groups is 1. The van der Waals surface area contributed by atoms with Gasteiger partial charge in [0.2, 0.25) is 0 Å². The fraction of sp³-hybridized carbons (Fsp3) is 0.143. The first-order chi connectivity index (χ1) is 8.83. The zero-order valence-corrected chi connectivity index (χ0v) is 10.5. The molecule has 4 heteroatoms. The van der Waals surface area contributed by atoms with Crippen molar-refractivity contribution in [1.29, 1.82) is 0 Å². The summed E-state index contributed by atoms with van der Waals surface area (Å²) in [5.74, 6) is 0. The number of rotatable bonds is 3. The van der Waals surface area contributed by atoms with Gasteiger partial charge in [-0.3, -0.25) is 9.97 Å². The highest BCUT2D eigenvalue weighted by atomic mass is 32.1. The summed E-state index contributed by atoms with van der Waals surface area (Å²) in [5.41, 5.74) is 3.65. The molecule has 0 saturated carbocycles. The van der Waals surface area contributed by atoms with Crippen molar-refractivity contribution >= 4 is 22.2 Å². The SMILES string of the molecule is OC(Cc1cncs1)c1ccc2ncccc2c1. The fourth-order valence-corrected chi connectivity index (χ4v) is 2.59. The van der Waals surface area contributed by atoms with E-state index in [-0.39, 0.29) is 0 Å². The number of aromatic nitrogens is 2. The van der Waals surface area contributed by atoms with E-state index in [1.165, 1.54) is 0 Å². The highest BCUT2D eigenvalue weighted by Crippen LogP contribution is 2.23. The lowest BCUT2D eigenvalue weighted by Gasteiger charge is -2.10. The summed E-state index contributed by atoms with van der Waals surface area (Å²) in [5, 5.41) is 11.3. The van der Waals surface area contributed by atoms with Crippen LogP contribution in [0.5, 0.6) is 0 Å². The standard InChI is InChI=1S/C14H12N2OS/c17-14(7-12-8-15-9-18-12)11-3-4-13-10(6-11)2-1-5-16-13/h1-6,8-9,14,17H,7H2. The zero-order valence-electron chi connectivity index (χ0n) is 9.65. The number of hydrogen-bond acceptors (Lipinski definition) is 4. The number of benzene rings is 1. The Morgan fingerprint density at radius 2 is 2.22 bits per heavy atom. The predicted molar refractivity (Wildman–Crippen MR) is 72.5 cm³/mol. The Kier molecular flexibility index (Phi) is 3.04. The fourth-order valence-electron chi connectivity index (χ4n) is 1.95. The van der Waals surface area contributed by atoms with E-state index in [1.807, 2.05) is 30.3 Å². The molecule has 0 bridgehead atoms. The molecule has 2 aromatic heterocycles. The summed E-state index contributed by atoms with van der Waals surface area (Å²) in [6.07, 6.45) is 3.69. The number of thiazole rings is 1. The molecule has 3 aromatic rings. The molecule has 3 nitrogen and oxygen atoms in total. The maximum Gasteiger partial charge on any atom is 0.0839 e. The Morgan fingerprint density at radius 3 is 3.06 bits per heavy atom. The van der Waals surface area contributed by atoms with E-state index >= 15 is 0 Å². The van der Waals surface area contributed by atoms with Crippen LogP contribution in [0.1, 0.15) is 16.5 Å². The maximum absolute atomic E-state index is 10.2. The molecule has 18 heavy (non-hydrogen) atoms. The first-order valence-corrected chi connectivity index (χ1v) is 6.61. The summed E-state index contributed by atoms with van der Waals surface area (Å²) in [6, 6.07) is 9.78. The van der Waals surface area contributed by atoms with E-state index in [9.17, 15) is 5.11 Å². The average molecular weight is 256 g/mol. The van der Waals surface area contributed by atoms with Gasteiger partial charge in [-0.1, -0.05) is 12.1 Å². The quantitative estimate of drug-likeness (QED) is 0.783. The van der Waals surface area contributed by atoms with Crippen LogP contribution in [0, 0.1) is 0 Å². The third-order valence-corrected chi connectivity index (χ3v) is 3.69. The number of fused-ring (bicyclic) bond motifs is 1. The van der Waals surface area contributed by atoms with Gasteiger partial charge < -0.3 is 5.11 Å². The lowest BCUT2D eigenvalue weighted by molar-refractivity contribution is 0.179. The smallest absolute Gasteiger partial charge is 0.0839 e. The summed E-state index contributed by atoms with van der Waals surface area (Å²) < 4.78 is 0. The van der Waals surface area contributed by atoms with Gasteiger partial charge in [-0.2, -0.15) is 0 Å². The monoisotopic (exact) mass is 256 g/mol. The van der Waals surface area contributed by atoms with E-state index in [2.05, 4.69) is 9.97 Å². The lowest BCUT2D eigenvalue weighted by Crippen LogP contribution is -2.00. The summed E-state index contributed by atoms with van der Waals surface area (Å²) in [6.45, 7) is 0. The third kappa shape index (κ3) is 2.25. The molecule has 1 N–H and O–H groups in total. The number of aliphatic hydroxyl groups excluding tert-OH is 1. The van der Waals surface area contributed by atoms with E-state index < -0.39 is 6.10 Å². The molecule has 0 aliphatic carbocycles. The zero-order chi connectivity index (χ0) is 12.4. The minimum Gasteiger partial charge on any atom is -0.388 e. The van der Waals surface area contributed by atoms with E-state index in [1.54, 1.807) is 29.2 Å². The Bertz CT molecular complexity index is 652. The van der Waals surface area contributed by atoms with Gasteiger partial charge in [0, 0.05) is 29.1 Å². The molecule has 0 fully saturated rings. The topological polar surface area (TPSA) is 46.0 Å². The number of pyridine rings is 1. The Hall–Kier alpha value is -1.78. The normalized spacial score (nSPS) is 12.7. The van der Waals surface area contributed by atoms with Crippen LogP contribution in [-0.4, -0.2) is 15.1 Å². The van der Waals surface area contributed by atoms with Gasteiger partial charge >= 0.3 is 0 Å². The van der Waals surface area contributed by atoms with Crippen molar-refractivity contribution in [3.05, 3.63) is 58.7 Å². The van der Waals surface area contributed by atoms with Gasteiger partial charge in [0.1, 0.15) is 0 Å². The van der Waals surface area contributed by atoms with Crippen LogP contribution in [0.4, 0.5) is 0 Å².